The Bertz CT molecular complexity index is 1010. The van der Waals surface area contributed by atoms with Crippen molar-refractivity contribution in [3.8, 4) is 0 Å². The van der Waals surface area contributed by atoms with E-state index in [1.807, 2.05) is 11.0 Å². The molecule has 3 aromatic rings. The second-order valence-corrected chi connectivity index (χ2v) is 7.19. The molecule has 1 aliphatic rings. The molecule has 1 fully saturated rings. The number of carbonyl (C=O) groups is 2. The molecule has 0 N–H and O–H groups in total. The molecule has 0 aromatic carbocycles. The van der Waals surface area contributed by atoms with Gasteiger partial charge >= 0.3 is 0 Å². The minimum absolute atomic E-state index is 0.00737. The maximum atomic E-state index is 12.8. The van der Waals surface area contributed by atoms with Gasteiger partial charge in [0.2, 0.25) is 0 Å². The standard InChI is InChI=1S/C20H22N6O2/c1-24(2)20(28)16-12-23-26-17(7-9-22-18(16)26)15-6-4-10-25(13-15)19(27)14-5-3-8-21-11-14/h3,5,7-9,11-12,15H,4,6,10,13H2,1-2H3/t15-/m1/s1. The highest BCUT2D eigenvalue weighted by Gasteiger charge is 2.28. The van der Waals surface area contributed by atoms with Crippen LogP contribution in [0.3, 0.4) is 0 Å². The zero-order valence-electron chi connectivity index (χ0n) is 15.9. The van der Waals surface area contributed by atoms with Crippen molar-refractivity contribution in [1.82, 2.24) is 29.4 Å². The van der Waals surface area contributed by atoms with E-state index in [4.69, 9.17) is 0 Å². The fourth-order valence-electron chi connectivity index (χ4n) is 3.69. The van der Waals surface area contributed by atoms with Crippen molar-refractivity contribution in [3.63, 3.8) is 0 Å². The second kappa shape index (κ2) is 7.38. The smallest absolute Gasteiger partial charge is 0.258 e. The molecule has 0 radical (unpaired) electrons. The third kappa shape index (κ3) is 3.21. The van der Waals surface area contributed by atoms with Crippen LogP contribution in [-0.2, 0) is 0 Å². The molecule has 144 valence electrons. The maximum absolute atomic E-state index is 12.8. The van der Waals surface area contributed by atoms with E-state index in [-0.39, 0.29) is 17.7 Å². The van der Waals surface area contributed by atoms with Crippen LogP contribution >= 0.6 is 0 Å². The molecular formula is C20H22N6O2. The van der Waals surface area contributed by atoms with Gasteiger partial charge in [-0.25, -0.2) is 9.50 Å². The fraction of sp³-hybridized carbons (Fsp3) is 0.350. The van der Waals surface area contributed by atoms with Crippen LogP contribution in [0.2, 0.25) is 0 Å². The summed E-state index contributed by atoms with van der Waals surface area (Å²) in [6.07, 6.45) is 8.39. The van der Waals surface area contributed by atoms with Crippen molar-refractivity contribution in [2.75, 3.05) is 27.2 Å². The molecule has 2 amide bonds. The van der Waals surface area contributed by atoms with Gasteiger partial charge in [0.1, 0.15) is 5.56 Å². The molecule has 4 rings (SSSR count). The van der Waals surface area contributed by atoms with Crippen LogP contribution < -0.4 is 0 Å². The van der Waals surface area contributed by atoms with Crippen LogP contribution in [0, 0.1) is 0 Å². The molecule has 0 spiro atoms. The van der Waals surface area contributed by atoms with Gasteiger partial charge in [-0.1, -0.05) is 0 Å². The van der Waals surface area contributed by atoms with Crippen molar-refractivity contribution in [2.45, 2.75) is 18.8 Å². The van der Waals surface area contributed by atoms with Gasteiger partial charge in [0, 0.05) is 51.7 Å². The summed E-state index contributed by atoms with van der Waals surface area (Å²) in [5.74, 6) is -0.00852. The number of fused-ring (bicyclic) bond motifs is 1. The molecule has 8 nitrogen and oxygen atoms in total. The van der Waals surface area contributed by atoms with Gasteiger partial charge in [0.05, 0.1) is 17.5 Å². The molecule has 0 saturated carbocycles. The molecule has 1 aliphatic heterocycles. The first-order valence-electron chi connectivity index (χ1n) is 9.30. The summed E-state index contributed by atoms with van der Waals surface area (Å²) >= 11 is 0. The Morgan fingerprint density at radius 2 is 2.04 bits per heavy atom. The van der Waals surface area contributed by atoms with Gasteiger partial charge in [-0.15, -0.1) is 0 Å². The summed E-state index contributed by atoms with van der Waals surface area (Å²) < 4.78 is 1.74. The van der Waals surface area contributed by atoms with Gasteiger partial charge in [-0.2, -0.15) is 5.10 Å². The Morgan fingerprint density at radius 3 is 2.79 bits per heavy atom. The van der Waals surface area contributed by atoms with Crippen LogP contribution in [0.5, 0.6) is 0 Å². The lowest BCUT2D eigenvalue weighted by Gasteiger charge is -2.33. The number of hydrogen-bond donors (Lipinski definition) is 0. The number of carbonyl (C=O) groups excluding carboxylic acids is 2. The van der Waals surface area contributed by atoms with E-state index < -0.39 is 0 Å². The van der Waals surface area contributed by atoms with Crippen molar-refractivity contribution in [3.05, 3.63) is 59.8 Å². The first-order chi connectivity index (χ1) is 13.6. The topological polar surface area (TPSA) is 83.7 Å². The van der Waals surface area contributed by atoms with Gasteiger partial charge in [-0.05, 0) is 31.0 Å². The monoisotopic (exact) mass is 378 g/mol. The van der Waals surface area contributed by atoms with E-state index in [2.05, 4.69) is 15.1 Å². The number of nitrogens with zero attached hydrogens (tertiary/aromatic N) is 6. The lowest BCUT2D eigenvalue weighted by atomic mass is 9.94. The Labute approximate surface area is 162 Å². The molecule has 1 atom stereocenters. The fourth-order valence-corrected chi connectivity index (χ4v) is 3.69. The van der Waals surface area contributed by atoms with Crippen LogP contribution in [0.25, 0.3) is 5.65 Å². The Hall–Kier alpha value is -3.29. The number of pyridine rings is 1. The minimum Gasteiger partial charge on any atom is -0.345 e. The molecule has 28 heavy (non-hydrogen) atoms. The van der Waals surface area contributed by atoms with Crippen LogP contribution in [0.4, 0.5) is 0 Å². The molecule has 8 heteroatoms. The van der Waals surface area contributed by atoms with Crippen LogP contribution in [0.1, 0.15) is 45.2 Å². The Kier molecular flexibility index (Phi) is 4.77. The lowest BCUT2D eigenvalue weighted by molar-refractivity contribution is 0.0704. The average Bonchev–Trinajstić information content (AvgIpc) is 3.17. The third-order valence-electron chi connectivity index (χ3n) is 5.10. The van der Waals surface area contributed by atoms with Crippen molar-refractivity contribution in [1.29, 1.82) is 0 Å². The van der Waals surface area contributed by atoms with E-state index in [1.165, 1.54) is 4.90 Å². The first kappa shape index (κ1) is 18.1. The zero-order chi connectivity index (χ0) is 19.7. The summed E-state index contributed by atoms with van der Waals surface area (Å²) in [6.45, 7) is 1.32. The molecular weight excluding hydrogens is 356 g/mol. The lowest BCUT2D eigenvalue weighted by Crippen LogP contribution is -2.39. The number of rotatable bonds is 3. The van der Waals surface area contributed by atoms with E-state index in [1.54, 1.807) is 55.5 Å². The second-order valence-electron chi connectivity index (χ2n) is 7.19. The zero-order valence-corrected chi connectivity index (χ0v) is 15.9. The predicted molar refractivity (Wildman–Crippen MR) is 103 cm³/mol. The third-order valence-corrected chi connectivity index (χ3v) is 5.10. The Balaban J connectivity index is 1.63. The largest absolute Gasteiger partial charge is 0.345 e. The maximum Gasteiger partial charge on any atom is 0.258 e. The normalized spacial score (nSPS) is 16.9. The van der Waals surface area contributed by atoms with Crippen LogP contribution in [-0.4, -0.2) is 68.4 Å². The average molecular weight is 378 g/mol. The quantitative estimate of drug-likeness (QED) is 0.694. The van der Waals surface area contributed by atoms with Crippen molar-refractivity contribution in [2.24, 2.45) is 0 Å². The van der Waals surface area contributed by atoms with E-state index in [0.29, 0.717) is 23.3 Å². The van der Waals surface area contributed by atoms with E-state index in [0.717, 1.165) is 25.1 Å². The minimum atomic E-state index is -0.128. The SMILES string of the molecule is CN(C)C(=O)c1cnn2c([C@@H]3CCCN(C(=O)c4cccnc4)C3)ccnc12. The van der Waals surface area contributed by atoms with Gasteiger partial charge in [-0.3, -0.25) is 14.6 Å². The number of hydrogen-bond acceptors (Lipinski definition) is 5. The summed E-state index contributed by atoms with van der Waals surface area (Å²) in [5.41, 5.74) is 2.59. The summed E-state index contributed by atoms with van der Waals surface area (Å²) in [7, 11) is 3.41. The van der Waals surface area contributed by atoms with Gasteiger partial charge in [0.25, 0.3) is 11.8 Å². The molecule has 1 saturated heterocycles. The van der Waals surface area contributed by atoms with Gasteiger partial charge < -0.3 is 9.80 Å². The Morgan fingerprint density at radius 1 is 1.18 bits per heavy atom. The van der Waals surface area contributed by atoms with Crippen LogP contribution in [0.15, 0.2) is 43.0 Å². The van der Waals surface area contributed by atoms with E-state index >= 15 is 0 Å². The molecule has 0 bridgehead atoms. The summed E-state index contributed by atoms with van der Waals surface area (Å²) in [4.78, 5) is 37.0. The molecule has 0 aliphatic carbocycles. The number of likely N-dealkylation sites (tertiary alicyclic amines) is 1. The number of amides is 2. The molecule has 0 unspecified atom stereocenters. The summed E-state index contributed by atoms with van der Waals surface area (Å²) in [6, 6.07) is 5.48. The predicted octanol–water partition coefficient (Wildman–Crippen LogP) is 1.85. The number of piperidine rings is 1. The highest BCUT2D eigenvalue weighted by Crippen LogP contribution is 2.28. The van der Waals surface area contributed by atoms with Crippen molar-refractivity contribution >= 4 is 17.5 Å². The van der Waals surface area contributed by atoms with Gasteiger partial charge in [0.15, 0.2) is 5.65 Å². The number of aromatic nitrogens is 4. The highest BCUT2D eigenvalue weighted by atomic mass is 16.2. The molecule has 4 heterocycles. The summed E-state index contributed by atoms with van der Waals surface area (Å²) in [5, 5.41) is 4.42. The molecule has 3 aromatic heterocycles. The van der Waals surface area contributed by atoms with Crippen molar-refractivity contribution < 1.29 is 9.59 Å². The first-order valence-corrected chi connectivity index (χ1v) is 9.30. The highest BCUT2D eigenvalue weighted by molar-refractivity contribution is 5.99. The van der Waals surface area contributed by atoms with E-state index in [9.17, 15) is 9.59 Å².